The second-order valence-corrected chi connectivity index (χ2v) is 7.04. The van der Waals surface area contributed by atoms with Crippen molar-refractivity contribution in [1.29, 1.82) is 0 Å². The molecule has 4 aromatic carbocycles. The Balaban J connectivity index is 1.83. The number of carbonyl (C=O) groups is 1. The maximum Gasteiger partial charge on any atom is 0.270 e. The van der Waals surface area contributed by atoms with Crippen LogP contribution in [0.5, 0.6) is 0 Å². The van der Waals surface area contributed by atoms with Crippen LogP contribution in [0, 0.1) is 20.2 Å². The highest BCUT2D eigenvalue weighted by Crippen LogP contribution is 2.32. The fraction of sp³-hybridized carbons (Fsp3) is 0. The highest BCUT2D eigenvalue weighted by molar-refractivity contribution is 6.16. The van der Waals surface area contributed by atoms with Crippen LogP contribution in [-0.4, -0.2) is 15.6 Å². The van der Waals surface area contributed by atoms with E-state index in [1.807, 2.05) is 0 Å². The average Bonchev–Trinajstić information content (AvgIpc) is 2.83. The normalized spacial score (nSPS) is 10.5. The molecule has 0 bridgehead atoms. The summed E-state index contributed by atoms with van der Waals surface area (Å²) in [4.78, 5) is 35.0. The molecule has 4 rings (SSSR count). The predicted octanol–water partition coefficient (Wildman–Crippen LogP) is 6.07. The Bertz CT molecular complexity index is 1260. The molecule has 0 saturated heterocycles. The lowest BCUT2D eigenvalue weighted by molar-refractivity contribution is -0.385. The monoisotopic (exact) mass is 424 g/mol. The van der Waals surface area contributed by atoms with Gasteiger partial charge in [-0.1, -0.05) is 72.8 Å². The minimum atomic E-state index is -0.481. The molecule has 0 aliphatic carbocycles. The quantitative estimate of drug-likeness (QED) is 0.212. The third-order valence-corrected chi connectivity index (χ3v) is 5.08. The maximum atomic E-state index is 13.6. The van der Waals surface area contributed by atoms with Crippen LogP contribution in [0.1, 0.15) is 15.9 Å². The van der Waals surface area contributed by atoms with Crippen LogP contribution >= 0.6 is 0 Å². The smallest absolute Gasteiger partial charge is 0.270 e. The number of ketones is 1. The van der Waals surface area contributed by atoms with E-state index >= 15 is 0 Å². The summed E-state index contributed by atoms with van der Waals surface area (Å²) in [7, 11) is 0. The van der Waals surface area contributed by atoms with Gasteiger partial charge in [-0.05, 0) is 22.3 Å². The van der Waals surface area contributed by atoms with Gasteiger partial charge in [-0.2, -0.15) is 0 Å². The Morgan fingerprint density at radius 3 is 1.38 bits per heavy atom. The number of non-ortho nitro benzene ring substituents is 2. The minimum absolute atomic E-state index is 0.0678. The molecule has 0 saturated carbocycles. The molecule has 0 fully saturated rings. The van der Waals surface area contributed by atoms with Gasteiger partial charge in [-0.3, -0.25) is 25.0 Å². The van der Waals surface area contributed by atoms with Gasteiger partial charge in [0.15, 0.2) is 5.78 Å². The number of hydrogen-bond donors (Lipinski definition) is 0. The average molecular weight is 424 g/mol. The third-order valence-electron chi connectivity index (χ3n) is 5.08. The third kappa shape index (κ3) is 3.99. The first-order valence-electron chi connectivity index (χ1n) is 9.68. The first-order valence-corrected chi connectivity index (χ1v) is 9.68. The zero-order valence-corrected chi connectivity index (χ0v) is 16.7. The van der Waals surface area contributed by atoms with Crippen molar-refractivity contribution >= 4 is 17.2 Å². The molecule has 0 unspecified atom stereocenters. The molecule has 0 radical (unpaired) electrons. The van der Waals surface area contributed by atoms with E-state index in [1.54, 1.807) is 72.8 Å². The minimum Gasteiger partial charge on any atom is -0.289 e. The SMILES string of the molecule is O=C(c1ccccc1-c1cccc([N+](=O)[O-])c1)c1ccccc1-c1cccc([N+](=O)[O-])c1. The van der Waals surface area contributed by atoms with E-state index in [0.29, 0.717) is 33.4 Å². The van der Waals surface area contributed by atoms with E-state index < -0.39 is 9.85 Å². The summed E-state index contributed by atoms with van der Waals surface area (Å²) >= 11 is 0. The lowest BCUT2D eigenvalue weighted by Crippen LogP contribution is -2.05. The highest BCUT2D eigenvalue weighted by Gasteiger charge is 2.20. The summed E-state index contributed by atoms with van der Waals surface area (Å²) in [5.41, 5.74) is 2.86. The second-order valence-electron chi connectivity index (χ2n) is 7.04. The molecule has 0 amide bonds. The zero-order valence-electron chi connectivity index (χ0n) is 16.7. The van der Waals surface area contributed by atoms with Crippen LogP contribution in [-0.2, 0) is 0 Å². The molecule has 156 valence electrons. The Labute approximate surface area is 182 Å². The van der Waals surface area contributed by atoms with E-state index in [-0.39, 0.29) is 17.2 Å². The van der Waals surface area contributed by atoms with Crippen molar-refractivity contribution in [2.24, 2.45) is 0 Å². The topological polar surface area (TPSA) is 103 Å². The molecule has 4 aromatic rings. The van der Waals surface area contributed by atoms with Crippen molar-refractivity contribution in [2.75, 3.05) is 0 Å². The molecule has 7 nitrogen and oxygen atoms in total. The summed E-state index contributed by atoms with van der Waals surface area (Å²) in [5.74, 6) is -0.283. The van der Waals surface area contributed by atoms with E-state index in [0.717, 1.165) is 0 Å². The van der Waals surface area contributed by atoms with E-state index in [9.17, 15) is 25.0 Å². The number of benzene rings is 4. The fourth-order valence-electron chi connectivity index (χ4n) is 3.58. The number of nitro benzene ring substituents is 2. The van der Waals surface area contributed by atoms with Gasteiger partial charge in [-0.25, -0.2) is 0 Å². The largest absolute Gasteiger partial charge is 0.289 e. The van der Waals surface area contributed by atoms with Crippen molar-refractivity contribution < 1.29 is 14.6 Å². The Hall–Kier alpha value is -4.65. The van der Waals surface area contributed by atoms with Gasteiger partial charge in [0.25, 0.3) is 11.4 Å². The molecular formula is C25H16N2O5. The van der Waals surface area contributed by atoms with Crippen molar-refractivity contribution in [3.8, 4) is 22.3 Å². The molecule has 0 aliphatic heterocycles. The number of carbonyl (C=O) groups excluding carboxylic acids is 1. The van der Waals surface area contributed by atoms with Crippen molar-refractivity contribution in [3.63, 3.8) is 0 Å². The maximum absolute atomic E-state index is 13.6. The van der Waals surface area contributed by atoms with Crippen LogP contribution in [0.25, 0.3) is 22.3 Å². The van der Waals surface area contributed by atoms with E-state index in [1.165, 1.54) is 24.3 Å². The number of nitro groups is 2. The zero-order chi connectivity index (χ0) is 22.7. The Morgan fingerprint density at radius 1 is 0.562 bits per heavy atom. The highest BCUT2D eigenvalue weighted by atomic mass is 16.6. The van der Waals surface area contributed by atoms with Crippen molar-refractivity contribution in [1.82, 2.24) is 0 Å². The fourth-order valence-corrected chi connectivity index (χ4v) is 3.58. The van der Waals surface area contributed by atoms with Gasteiger partial charge in [0.1, 0.15) is 0 Å². The molecular weight excluding hydrogens is 408 g/mol. The van der Waals surface area contributed by atoms with Gasteiger partial charge in [0.05, 0.1) is 9.85 Å². The summed E-state index contributed by atoms with van der Waals surface area (Å²) in [6.45, 7) is 0. The molecule has 0 N–H and O–H groups in total. The Morgan fingerprint density at radius 2 is 0.969 bits per heavy atom. The van der Waals surface area contributed by atoms with Crippen LogP contribution in [0.4, 0.5) is 11.4 Å². The number of nitrogens with zero attached hydrogens (tertiary/aromatic N) is 2. The summed E-state index contributed by atoms with van der Waals surface area (Å²) in [6, 6.07) is 26.0. The predicted molar refractivity (Wildman–Crippen MR) is 120 cm³/mol. The molecule has 0 aliphatic rings. The van der Waals surface area contributed by atoms with Crippen LogP contribution < -0.4 is 0 Å². The first-order chi connectivity index (χ1) is 15.5. The molecule has 0 heterocycles. The summed E-state index contributed by atoms with van der Waals surface area (Å²) < 4.78 is 0. The van der Waals surface area contributed by atoms with Crippen LogP contribution in [0.2, 0.25) is 0 Å². The first kappa shape index (κ1) is 20.6. The summed E-state index contributed by atoms with van der Waals surface area (Å²) in [6.07, 6.45) is 0. The lowest BCUT2D eigenvalue weighted by Gasteiger charge is -2.12. The number of hydrogen-bond acceptors (Lipinski definition) is 5. The van der Waals surface area contributed by atoms with Gasteiger partial charge in [0, 0.05) is 35.4 Å². The van der Waals surface area contributed by atoms with E-state index in [2.05, 4.69) is 0 Å². The standard InChI is InChI=1S/C25H16N2O5/c28-25(23-13-3-1-11-21(23)17-7-5-9-19(15-17)26(29)30)24-14-4-2-12-22(24)18-8-6-10-20(16-18)27(31)32/h1-16H. The number of rotatable bonds is 6. The molecule has 32 heavy (non-hydrogen) atoms. The second kappa shape index (κ2) is 8.61. The molecule has 7 heteroatoms. The lowest BCUT2D eigenvalue weighted by atomic mass is 9.90. The van der Waals surface area contributed by atoms with Crippen LogP contribution in [0.15, 0.2) is 97.1 Å². The van der Waals surface area contributed by atoms with Gasteiger partial charge in [0.2, 0.25) is 0 Å². The molecule has 0 spiro atoms. The van der Waals surface area contributed by atoms with Crippen LogP contribution in [0.3, 0.4) is 0 Å². The van der Waals surface area contributed by atoms with Gasteiger partial charge < -0.3 is 0 Å². The summed E-state index contributed by atoms with van der Waals surface area (Å²) in [5, 5.41) is 22.4. The molecule has 0 atom stereocenters. The Kier molecular flexibility index (Phi) is 5.55. The van der Waals surface area contributed by atoms with E-state index in [4.69, 9.17) is 0 Å². The van der Waals surface area contributed by atoms with Gasteiger partial charge >= 0.3 is 0 Å². The van der Waals surface area contributed by atoms with Gasteiger partial charge in [-0.15, -0.1) is 0 Å². The van der Waals surface area contributed by atoms with Crippen molar-refractivity contribution in [3.05, 3.63) is 128 Å². The molecule has 0 aromatic heterocycles. The van der Waals surface area contributed by atoms with Crippen molar-refractivity contribution in [2.45, 2.75) is 0 Å².